The van der Waals surface area contributed by atoms with E-state index in [1.54, 1.807) is 31.2 Å². The van der Waals surface area contributed by atoms with E-state index in [0.29, 0.717) is 11.3 Å². The van der Waals surface area contributed by atoms with Crippen LogP contribution < -0.4 is 4.72 Å². The number of sulfonamides is 1. The van der Waals surface area contributed by atoms with Gasteiger partial charge in [0, 0.05) is 0 Å². The molecule has 4 rings (SSSR count). The Labute approximate surface area is 174 Å². The van der Waals surface area contributed by atoms with Gasteiger partial charge in [0.05, 0.1) is 17.1 Å². The lowest BCUT2D eigenvalue weighted by Gasteiger charge is -2.09. The summed E-state index contributed by atoms with van der Waals surface area (Å²) in [6.07, 6.45) is 0. The number of benzene rings is 3. The van der Waals surface area contributed by atoms with Gasteiger partial charge in [-0.1, -0.05) is 59.8 Å². The number of aromatic nitrogens is 3. The van der Waals surface area contributed by atoms with Gasteiger partial charge in [0.1, 0.15) is 5.82 Å². The second-order valence-corrected chi connectivity index (χ2v) is 8.49. The van der Waals surface area contributed by atoms with Gasteiger partial charge in [-0.2, -0.15) is 0 Å². The summed E-state index contributed by atoms with van der Waals surface area (Å²) in [6.45, 7) is 1.99. The van der Waals surface area contributed by atoms with Crippen LogP contribution in [0.25, 0.3) is 11.1 Å². The quantitative estimate of drug-likeness (QED) is 0.504. The molecule has 152 valence electrons. The van der Waals surface area contributed by atoms with Gasteiger partial charge in [0.25, 0.3) is 10.0 Å². The highest BCUT2D eigenvalue weighted by Gasteiger charge is 2.19. The van der Waals surface area contributed by atoms with Crippen LogP contribution in [0, 0.1) is 12.7 Å². The molecule has 8 heteroatoms. The lowest BCUT2D eigenvalue weighted by molar-refractivity contribution is 0.601. The van der Waals surface area contributed by atoms with Crippen LogP contribution in [0.5, 0.6) is 0 Å². The maximum atomic E-state index is 13.4. The van der Waals surface area contributed by atoms with Gasteiger partial charge in [-0.05, 0) is 47.9 Å². The summed E-state index contributed by atoms with van der Waals surface area (Å²) >= 11 is 0. The largest absolute Gasteiger partial charge is 0.263 e. The topological polar surface area (TPSA) is 76.9 Å². The van der Waals surface area contributed by atoms with Gasteiger partial charge in [-0.25, -0.2) is 17.5 Å². The fourth-order valence-corrected chi connectivity index (χ4v) is 4.17. The van der Waals surface area contributed by atoms with E-state index in [-0.39, 0.29) is 23.1 Å². The van der Waals surface area contributed by atoms with Crippen molar-refractivity contribution in [1.82, 2.24) is 15.0 Å². The van der Waals surface area contributed by atoms with Gasteiger partial charge in [0.15, 0.2) is 5.82 Å². The molecular formula is C22H19FN4O2S. The zero-order valence-corrected chi connectivity index (χ0v) is 17.0. The number of nitrogens with one attached hydrogen (secondary N) is 1. The number of rotatable bonds is 6. The number of halogens is 1. The molecule has 30 heavy (non-hydrogen) atoms. The average Bonchev–Trinajstić information content (AvgIpc) is 3.07. The Bertz CT molecular complexity index is 1290. The van der Waals surface area contributed by atoms with Crippen LogP contribution >= 0.6 is 0 Å². The zero-order chi connectivity index (χ0) is 21.1. The van der Waals surface area contributed by atoms with E-state index in [4.69, 9.17) is 0 Å². The first-order valence-corrected chi connectivity index (χ1v) is 10.7. The fourth-order valence-electron chi connectivity index (χ4n) is 3.07. The van der Waals surface area contributed by atoms with Crippen molar-refractivity contribution in [2.45, 2.75) is 18.4 Å². The molecule has 6 nitrogen and oxygen atoms in total. The molecule has 0 atom stereocenters. The molecule has 3 aromatic carbocycles. The third-order valence-electron chi connectivity index (χ3n) is 4.69. The molecule has 0 radical (unpaired) electrons. The van der Waals surface area contributed by atoms with Crippen LogP contribution in [0.3, 0.4) is 0 Å². The number of hydrogen-bond donors (Lipinski definition) is 1. The number of hydrogen-bond acceptors (Lipinski definition) is 4. The first kappa shape index (κ1) is 19.8. The Morgan fingerprint density at radius 2 is 1.67 bits per heavy atom. The maximum absolute atomic E-state index is 13.4. The van der Waals surface area contributed by atoms with E-state index in [0.717, 1.165) is 11.1 Å². The van der Waals surface area contributed by atoms with Crippen LogP contribution in [0.15, 0.2) is 83.8 Å². The molecule has 1 N–H and O–H groups in total. The lowest BCUT2D eigenvalue weighted by Crippen LogP contribution is -2.14. The van der Waals surface area contributed by atoms with Gasteiger partial charge >= 0.3 is 0 Å². The van der Waals surface area contributed by atoms with E-state index in [9.17, 15) is 12.8 Å². The summed E-state index contributed by atoms with van der Waals surface area (Å²) < 4.78 is 43.3. The molecule has 0 saturated carbocycles. The molecule has 0 aliphatic heterocycles. The Morgan fingerprint density at radius 1 is 0.933 bits per heavy atom. The predicted octanol–water partition coefficient (Wildman–Crippen LogP) is 4.24. The highest BCUT2D eigenvalue weighted by Crippen LogP contribution is 2.24. The molecule has 0 bridgehead atoms. The zero-order valence-electron chi connectivity index (χ0n) is 16.2. The molecule has 0 fully saturated rings. The monoisotopic (exact) mass is 422 g/mol. The molecule has 0 unspecified atom stereocenters. The lowest BCUT2D eigenvalue weighted by atomic mass is 10.1. The minimum atomic E-state index is -3.86. The minimum absolute atomic E-state index is 0.128. The third kappa shape index (κ3) is 4.23. The highest BCUT2D eigenvalue weighted by molar-refractivity contribution is 7.92. The Kier molecular flexibility index (Phi) is 5.33. The van der Waals surface area contributed by atoms with Gasteiger partial charge in [-0.3, -0.25) is 4.72 Å². The minimum Gasteiger partial charge on any atom is -0.260 e. The van der Waals surface area contributed by atoms with E-state index in [1.807, 2.05) is 36.4 Å². The van der Waals surface area contributed by atoms with Crippen molar-refractivity contribution < 1.29 is 12.8 Å². The molecule has 0 spiro atoms. The van der Waals surface area contributed by atoms with Crippen molar-refractivity contribution in [1.29, 1.82) is 0 Å². The molecule has 0 aliphatic rings. The fraction of sp³-hybridized carbons (Fsp3) is 0.0909. The number of anilines is 1. The summed E-state index contributed by atoms with van der Waals surface area (Å²) in [5.41, 5.74) is 2.95. The van der Waals surface area contributed by atoms with Gasteiger partial charge in [0.2, 0.25) is 0 Å². The van der Waals surface area contributed by atoms with E-state index < -0.39 is 10.0 Å². The molecule has 1 heterocycles. The van der Waals surface area contributed by atoms with E-state index in [2.05, 4.69) is 15.0 Å². The van der Waals surface area contributed by atoms with Crippen LogP contribution in [0.4, 0.5) is 10.2 Å². The number of nitrogens with zero attached hydrogens (tertiary/aromatic N) is 3. The SMILES string of the molecule is Cc1c(NS(=O)(=O)c2cccc(-c3ccccc3)c2)nnn1Cc1cccc(F)c1. The summed E-state index contributed by atoms with van der Waals surface area (Å²) in [5.74, 6) is -0.207. The Morgan fingerprint density at radius 3 is 2.43 bits per heavy atom. The summed E-state index contributed by atoms with van der Waals surface area (Å²) in [7, 11) is -3.86. The first-order valence-electron chi connectivity index (χ1n) is 9.25. The predicted molar refractivity (Wildman–Crippen MR) is 113 cm³/mol. The summed E-state index contributed by atoms with van der Waals surface area (Å²) in [6, 6.07) is 22.4. The molecule has 4 aromatic rings. The molecule has 0 saturated heterocycles. The van der Waals surface area contributed by atoms with E-state index in [1.165, 1.54) is 22.9 Å². The molecular weight excluding hydrogens is 403 g/mol. The van der Waals surface area contributed by atoms with Crippen LogP contribution in [-0.2, 0) is 16.6 Å². The van der Waals surface area contributed by atoms with Crippen LogP contribution in [0.2, 0.25) is 0 Å². The van der Waals surface area contributed by atoms with Crippen LogP contribution in [0.1, 0.15) is 11.3 Å². The Balaban J connectivity index is 1.58. The average molecular weight is 422 g/mol. The smallest absolute Gasteiger partial charge is 0.260 e. The van der Waals surface area contributed by atoms with Crippen LogP contribution in [-0.4, -0.2) is 23.4 Å². The van der Waals surface area contributed by atoms with Crippen molar-refractivity contribution in [3.8, 4) is 11.1 Å². The van der Waals surface area contributed by atoms with Gasteiger partial charge in [-0.15, -0.1) is 5.10 Å². The van der Waals surface area contributed by atoms with Crippen molar-refractivity contribution in [3.05, 3.63) is 95.9 Å². The standard InChI is InChI=1S/C22H19FN4O2S/c1-16-22(24-26-27(16)15-17-7-5-11-20(23)13-17)25-30(28,29)21-12-6-10-19(14-21)18-8-3-2-4-9-18/h2-14,25H,15H2,1H3. The van der Waals surface area contributed by atoms with Gasteiger partial charge < -0.3 is 0 Å². The van der Waals surface area contributed by atoms with Crippen molar-refractivity contribution in [2.24, 2.45) is 0 Å². The molecule has 0 aliphatic carbocycles. The third-order valence-corrected chi connectivity index (χ3v) is 6.02. The molecule has 1 aromatic heterocycles. The second kappa shape index (κ2) is 8.08. The first-order chi connectivity index (χ1) is 14.4. The van der Waals surface area contributed by atoms with Crippen molar-refractivity contribution in [2.75, 3.05) is 4.72 Å². The van der Waals surface area contributed by atoms with Crippen molar-refractivity contribution in [3.63, 3.8) is 0 Å². The van der Waals surface area contributed by atoms with Crippen molar-refractivity contribution >= 4 is 15.8 Å². The Hall–Kier alpha value is -3.52. The maximum Gasteiger partial charge on any atom is 0.263 e. The highest BCUT2D eigenvalue weighted by atomic mass is 32.2. The second-order valence-electron chi connectivity index (χ2n) is 6.81. The van der Waals surface area contributed by atoms with E-state index >= 15 is 0 Å². The normalized spacial score (nSPS) is 11.4. The molecule has 0 amide bonds. The summed E-state index contributed by atoms with van der Waals surface area (Å²) in [5, 5.41) is 7.96. The summed E-state index contributed by atoms with van der Waals surface area (Å²) in [4.78, 5) is 0.128.